The van der Waals surface area contributed by atoms with Crippen molar-refractivity contribution in [1.82, 2.24) is 15.1 Å². The van der Waals surface area contributed by atoms with Crippen LogP contribution >= 0.6 is 24.0 Å². The molecule has 5 nitrogen and oxygen atoms in total. The van der Waals surface area contributed by atoms with Gasteiger partial charge in [0.1, 0.15) is 0 Å². The van der Waals surface area contributed by atoms with E-state index in [2.05, 4.69) is 15.2 Å². The van der Waals surface area contributed by atoms with E-state index in [0.29, 0.717) is 12.3 Å². The highest BCUT2D eigenvalue weighted by Crippen LogP contribution is 2.20. The van der Waals surface area contributed by atoms with Crippen LogP contribution < -0.4 is 5.32 Å². The average Bonchev–Trinajstić information content (AvgIpc) is 2.31. The Hall–Kier alpha value is -0.530. The van der Waals surface area contributed by atoms with Crippen molar-refractivity contribution in [3.8, 4) is 0 Å². The fraction of sp³-hybridized carbons (Fsp3) is 0.833. The number of guanidine groups is 1. The summed E-state index contributed by atoms with van der Waals surface area (Å²) in [6.45, 7) is 1.99. The maximum absolute atomic E-state index is 11.3. The third-order valence-corrected chi connectivity index (χ3v) is 3.25. The first-order valence-electron chi connectivity index (χ1n) is 6.18. The summed E-state index contributed by atoms with van der Waals surface area (Å²) in [5.74, 6) is 1.70. The minimum absolute atomic E-state index is 0. The first-order valence-corrected chi connectivity index (χ1v) is 6.18. The first kappa shape index (κ1) is 17.5. The molecule has 18 heavy (non-hydrogen) atoms. The highest BCUT2D eigenvalue weighted by molar-refractivity contribution is 14.0. The van der Waals surface area contributed by atoms with Gasteiger partial charge in [0.15, 0.2) is 5.96 Å². The van der Waals surface area contributed by atoms with Crippen molar-refractivity contribution >= 4 is 35.8 Å². The number of hydrogen-bond acceptors (Lipinski definition) is 2. The topological polar surface area (TPSA) is 47.9 Å². The largest absolute Gasteiger partial charge is 0.359 e. The average molecular weight is 368 g/mol. The van der Waals surface area contributed by atoms with E-state index in [-0.39, 0.29) is 29.9 Å². The second-order valence-electron chi connectivity index (χ2n) is 4.73. The van der Waals surface area contributed by atoms with Crippen LogP contribution in [0.15, 0.2) is 4.99 Å². The Bertz CT molecular complexity index is 286. The smallest absolute Gasteiger partial charge is 0.220 e. The molecule has 0 unspecified atom stereocenters. The number of carbonyl (C=O) groups is 1. The lowest BCUT2D eigenvalue weighted by molar-refractivity contribution is -0.121. The lowest BCUT2D eigenvalue weighted by Gasteiger charge is -2.36. The van der Waals surface area contributed by atoms with E-state index in [1.807, 2.05) is 26.0 Å². The number of nitrogens with one attached hydrogen (secondary N) is 1. The first-order chi connectivity index (χ1) is 8.08. The predicted octanol–water partition coefficient (Wildman–Crippen LogP) is 1.000. The molecular formula is C12H25IN4O. The Morgan fingerprint density at radius 3 is 2.33 bits per heavy atom. The van der Waals surface area contributed by atoms with Gasteiger partial charge in [-0.25, -0.2) is 0 Å². The molecule has 1 amide bonds. The van der Waals surface area contributed by atoms with Crippen molar-refractivity contribution in [3.05, 3.63) is 0 Å². The van der Waals surface area contributed by atoms with Crippen LogP contribution in [0.3, 0.4) is 0 Å². The van der Waals surface area contributed by atoms with E-state index in [1.54, 1.807) is 7.05 Å². The fourth-order valence-corrected chi connectivity index (χ4v) is 2.33. The van der Waals surface area contributed by atoms with Gasteiger partial charge < -0.3 is 15.1 Å². The second-order valence-corrected chi connectivity index (χ2v) is 4.73. The second kappa shape index (κ2) is 8.55. The molecule has 0 radical (unpaired) electrons. The van der Waals surface area contributed by atoms with Gasteiger partial charge in [0.25, 0.3) is 0 Å². The summed E-state index contributed by atoms with van der Waals surface area (Å²) in [6.07, 6.45) is 2.80. The zero-order chi connectivity index (χ0) is 12.8. The number of piperidine rings is 1. The van der Waals surface area contributed by atoms with Crippen molar-refractivity contribution in [1.29, 1.82) is 0 Å². The summed E-state index contributed by atoms with van der Waals surface area (Å²) >= 11 is 0. The Kier molecular flexibility index (Phi) is 8.30. The summed E-state index contributed by atoms with van der Waals surface area (Å²) in [5.41, 5.74) is 0. The molecule has 1 fully saturated rings. The summed E-state index contributed by atoms with van der Waals surface area (Å²) in [4.78, 5) is 19.9. The summed E-state index contributed by atoms with van der Waals surface area (Å²) in [5, 5.41) is 2.69. The molecule has 0 spiro atoms. The molecule has 0 aromatic rings. The minimum Gasteiger partial charge on any atom is -0.359 e. The standard InChI is InChI=1S/C12H24N4O.HI/c1-13-11(17)9-10-5-7-16(8-6-10)12(14-2)15(3)4;/h10H,5-9H2,1-4H3,(H,13,17);1H. The molecule has 0 bridgehead atoms. The van der Waals surface area contributed by atoms with Gasteiger partial charge >= 0.3 is 0 Å². The summed E-state index contributed by atoms with van der Waals surface area (Å²) < 4.78 is 0. The summed E-state index contributed by atoms with van der Waals surface area (Å²) in [7, 11) is 7.55. The lowest BCUT2D eigenvalue weighted by atomic mass is 9.93. The van der Waals surface area contributed by atoms with Crippen molar-refractivity contribution in [2.24, 2.45) is 10.9 Å². The predicted molar refractivity (Wildman–Crippen MR) is 85.4 cm³/mol. The van der Waals surface area contributed by atoms with Gasteiger partial charge in [0.05, 0.1) is 0 Å². The zero-order valence-electron chi connectivity index (χ0n) is 11.8. The summed E-state index contributed by atoms with van der Waals surface area (Å²) in [6, 6.07) is 0. The molecule has 1 heterocycles. The number of amides is 1. The molecule has 1 aliphatic rings. The highest BCUT2D eigenvalue weighted by atomic mass is 127. The third-order valence-electron chi connectivity index (χ3n) is 3.25. The van der Waals surface area contributed by atoms with Crippen molar-refractivity contribution in [3.63, 3.8) is 0 Å². The number of halogens is 1. The van der Waals surface area contributed by atoms with E-state index in [0.717, 1.165) is 31.9 Å². The van der Waals surface area contributed by atoms with Crippen LogP contribution in [0.1, 0.15) is 19.3 Å². The van der Waals surface area contributed by atoms with E-state index in [9.17, 15) is 4.79 Å². The van der Waals surface area contributed by atoms with Crippen LogP contribution in [0.4, 0.5) is 0 Å². The molecule has 6 heteroatoms. The van der Waals surface area contributed by atoms with Crippen LogP contribution in [0.25, 0.3) is 0 Å². The third kappa shape index (κ3) is 4.99. The molecule has 1 rings (SSSR count). The molecule has 0 aliphatic carbocycles. The van der Waals surface area contributed by atoms with Gasteiger partial charge in [-0.15, -0.1) is 24.0 Å². The van der Waals surface area contributed by atoms with Gasteiger partial charge in [-0.3, -0.25) is 9.79 Å². The molecule has 0 saturated carbocycles. The van der Waals surface area contributed by atoms with Gasteiger partial charge in [-0.2, -0.15) is 0 Å². The number of aliphatic imine (C=N–C) groups is 1. The fourth-order valence-electron chi connectivity index (χ4n) is 2.33. The van der Waals surface area contributed by atoms with E-state index < -0.39 is 0 Å². The maximum Gasteiger partial charge on any atom is 0.220 e. The molecule has 106 valence electrons. The Labute approximate surface area is 127 Å². The zero-order valence-corrected chi connectivity index (χ0v) is 14.1. The van der Waals surface area contributed by atoms with E-state index in [1.165, 1.54) is 0 Å². The molecule has 1 aliphatic heterocycles. The molecule has 0 aromatic heterocycles. The maximum atomic E-state index is 11.3. The number of hydrogen-bond donors (Lipinski definition) is 1. The molecule has 0 aromatic carbocycles. The number of likely N-dealkylation sites (tertiary alicyclic amines) is 1. The van der Waals surface area contributed by atoms with Gasteiger partial charge in [-0.1, -0.05) is 0 Å². The van der Waals surface area contributed by atoms with E-state index >= 15 is 0 Å². The number of carbonyl (C=O) groups excluding carboxylic acids is 1. The van der Waals surface area contributed by atoms with Crippen LogP contribution in [0.2, 0.25) is 0 Å². The van der Waals surface area contributed by atoms with Crippen LogP contribution in [-0.4, -0.2) is 62.9 Å². The molecule has 1 N–H and O–H groups in total. The van der Waals surface area contributed by atoms with Crippen LogP contribution in [0, 0.1) is 5.92 Å². The van der Waals surface area contributed by atoms with Crippen molar-refractivity contribution in [2.75, 3.05) is 41.3 Å². The van der Waals surface area contributed by atoms with Gasteiger partial charge in [0.2, 0.25) is 5.91 Å². The highest BCUT2D eigenvalue weighted by Gasteiger charge is 2.23. The minimum atomic E-state index is 0. The SMILES string of the molecule is CN=C(N(C)C)N1CCC(CC(=O)NC)CC1.I. The lowest BCUT2D eigenvalue weighted by Crippen LogP contribution is -2.45. The Morgan fingerprint density at radius 1 is 1.39 bits per heavy atom. The molecule has 1 saturated heterocycles. The molecular weight excluding hydrogens is 343 g/mol. The van der Waals surface area contributed by atoms with Crippen LogP contribution in [0.5, 0.6) is 0 Å². The molecule has 0 atom stereocenters. The Balaban J connectivity index is 0.00000289. The number of rotatable bonds is 2. The normalized spacial score (nSPS) is 17.1. The van der Waals surface area contributed by atoms with Crippen LogP contribution in [-0.2, 0) is 4.79 Å². The van der Waals surface area contributed by atoms with Gasteiger partial charge in [0, 0.05) is 47.7 Å². The van der Waals surface area contributed by atoms with Gasteiger partial charge in [-0.05, 0) is 18.8 Å². The number of nitrogens with zero attached hydrogens (tertiary/aromatic N) is 3. The Morgan fingerprint density at radius 2 is 1.94 bits per heavy atom. The van der Waals surface area contributed by atoms with Crippen molar-refractivity contribution in [2.45, 2.75) is 19.3 Å². The quantitative estimate of drug-likeness (QED) is 0.450. The monoisotopic (exact) mass is 368 g/mol. The van der Waals surface area contributed by atoms with Crippen molar-refractivity contribution < 1.29 is 4.79 Å². The van der Waals surface area contributed by atoms with E-state index in [4.69, 9.17) is 0 Å².